The van der Waals surface area contributed by atoms with Gasteiger partial charge in [0.1, 0.15) is 5.78 Å². The van der Waals surface area contributed by atoms with Gasteiger partial charge in [0.15, 0.2) is 0 Å². The number of hydrazone groups is 1. The van der Waals surface area contributed by atoms with Crippen LogP contribution in [0.2, 0.25) is 10.0 Å². The Morgan fingerprint density at radius 2 is 1.90 bits per heavy atom. The molecule has 1 aliphatic heterocycles. The molecule has 0 radical (unpaired) electrons. The van der Waals surface area contributed by atoms with Crippen molar-refractivity contribution in [1.82, 2.24) is 5.43 Å². The molecule has 5 heteroatoms. The lowest BCUT2D eigenvalue weighted by Crippen LogP contribution is -2.45. The van der Waals surface area contributed by atoms with Gasteiger partial charge in [0.05, 0.1) is 17.7 Å². The molecule has 2 atom stereocenters. The van der Waals surface area contributed by atoms with Crippen molar-refractivity contribution in [3.63, 3.8) is 0 Å². The van der Waals surface area contributed by atoms with Crippen LogP contribution in [-0.4, -0.2) is 17.5 Å². The minimum absolute atomic E-state index is 0.0300. The van der Waals surface area contributed by atoms with Gasteiger partial charge < -0.3 is 5.43 Å². The predicted molar refractivity (Wildman–Crippen MR) is 81.4 cm³/mol. The van der Waals surface area contributed by atoms with Crippen molar-refractivity contribution in [2.45, 2.75) is 32.7 Å². The first-order valence-corrected chi connectivity index (χ1v) is 7.44. The summed E-state index contributed by atoms with van der Waals surface area (Å²) in [6, 6.07) is 5.38. The molecule has 0 saturated heterocycles. The van der Waals surface area contributed by atoms with Gasteiger partial charge in [0.25, 0.3) is 0 Å². The van der Waals surface area contributed by atoms with Gasteiger partial charge in [-0.1, -0.05) is 37.0 Å². The fourth-order valence-corrected chi connectivity index (χ4v) is 3.75. The Bertz CT molecular complexity index is 590. The van der Waals surface area contributed by atoms with E-state index in [1.165, 1.54) is 0 Å². The Balaban J connectivity index is 1.95. The predicted octanol–water partition coefficient (Wildman–Crippen LogP) is 3.67. The molecule has 20 heavy (non-hydrogen) atoms. The van der Waals surface area contributed by atoms with Gasteiger partial charge in [-0.3, -0.25) is 4.79 Å². The van der Waals surface area contributed by atoms with Gasteiger partial charge in [-0.05, 0) is 30.0 Å². The molecule has 1 aromatic rings. The lowest BCUT2D eigenvalue weighted by Gasteiger charge is -2.36. The molecule has 1 saturated carbocycles. The summed E-state index contributed by atoms with van der Waals surface area (Å²) in [6.07, 6.45) is 1.52. The number of benzene rings is 1. The first kappa shape index (κ1) is 13.9. The van der Waals surface area contributed by atoms with E-state index >= 15 is 0 Å². The Morgan fingerprint density at radius 3 is 2.55 bits per heavy atom. The average Bonchev–Trinajstić information content (AvgIpc) is 2.69. The maximum absolute atomic E-state index is 12.5. The molecular weight excluding hydrogens is 295 g/mol. The summed E-state index contributed by atoms with van der Waals surface area (Å²) in [4.78, 5) is 12.5. The molecule has 3 rings (SSSR count). The third-order valence-electron chi connectivity index (χ3n) is 3.98. The third kappa shape index (κ3) is 2.45. The highest BCUT2D eigenvalue weighted by molar-refractivity contribution is 6.35. The van der Waals surface area contributed by atoms with Crippen LogP contribution in [0.25, 0.3) is 0 Å². The quantitative estimate of drug-likeness (QED) is 0.859. The molecule has 106 valence electrons. The Hall–Kier alpha value is -1.06. The highest BCUT2D eigenvalue weighted by Gasteiger charge is 2.46. The monoisotopic (exact) mass is 310 g/mol. The van der Waals surface area contributed by atoms with E-state index in [0.29, 0.717) is 16.5 Å². The molecule has 0 spiro atoms. The number of hydrogen-bond acceptors (Lipinski definition) is 3. The summed E-state index contributed by atoms with van der Waals surface area (Å²) in [5.41, 5.74) is 4.74. The Labute approximate surface area is 128 Å². The van der Waals surface area contributed by atoms with Crippen LogP contribution in [0.1, 0.15) is 32.3 Å². The molecule has 1 heterocycles. The van der Waals surface area contributed by atoms with Gasteiger partial charge in [-0.2, -0.15) is 5.10 Å². The van der Waals surface area contributed by atoms with Crippen LogP contribution in [0.15, 0.2) is 23.3 Å². The maximum Gasteiger partial charge on any atom is 0.144 e. The van der Waals surface area contributed by atoms with Gasteiger partial charge in [0, 0.05) is 22.0 Å². The molecule has 0 aromatic heterocycles. The smallest absolute Gasteiger partial charge is 0.144 e. The van der Waals surface area contributed by atoms with E-state index in [1.807, 2.05) is 12.1 Å². The van der Waals surface area contributed by atoms with Crippen LogP contribution in [-0.2, 0) is 4.79 Å². The number of hydrogen-bond donors (Lipinski definition) is 1. The minimum Gasteiger partial charge on any atom is -0.306 e. The van der Waals surface area contributed by atoms with Crippen LogP contribution in [0.5, 0.6) is 0 Å². The van der Waals surface area contributed by atoms with Crippen LogP contribution >= 0.6 is 23.2 Å². The fraction of sp³-hybridized carbons (Fsp3) is 0.467. The molecule has 2 aliphatic rings. The lowest BCUT2D eigenvalue weighted by molar-refractivity contribution is -0.126. The molecule has 1 aromatic carbocycles. The van der Waals surface area contributed by atoms with Crippen LogP contribution < -0.4 is 5.43 Å². The number of ketones is 1. The Kier molecular flexibility index (Phi) is 3.30. The molecular formula is C15H16Cl2N2O. The van der Waals surface area contributed by atoms with E-state index in [0.717, 1.165) is 17.7 Å². The molecule has 0 bridgehead atoms. The van der Waals surface area contributed by atoms with Crippen LogP contribution in [0.3, 0.4) is 0 Å². The number of carbonyl (C=O) groups excluding carboxylic acids is 1. The molecule has 0 amide bonds. The summed E-state index contributed by atoms with van der Waals surface area (Å²) in [6.45, 7) is 4.24. The number of Topliss-reactive ketones (excluding diaryl/α,β-unsaturated/α-hetero) is 1. The number of nitrogens with one attached hydrogen (secondary N) is 1. The summed E-state index contributed by atoms with van der Waals surface area (Å²) >= 11 is 12.1. The van der Waals surface area contributed by atoms with Crippen LogP contribution in [0.4, 0.5) is 0 Å². The number of fused-ring (bicyclic) bond motifs is 1. The SMILES string of the molecule is CC1(C)CC(=O)[C@H]2C(c3cc(Cl)cc(Cl)c3)=NN[C@@H]2C1. The first-order valence-electron chi connectivity index (χ1n) is 6.68. The van der Waals surface area contributed by atoms with Gasteiger partial charge in [0.2, 0.25) is 0 Å². The zero-order valence-electron chi connectivity index (χ0n) is 11.4. The summed E-state index contributed by atoms with van der Waals surface area (Å²) in [7, 11) is 0. The second kappa shape index (κ2) is 4.74. The lowest BCUT2D eigenvalue weighted by atomic mass is 9.68. The molecule has 1 N–H and O–H groups in total. The number of carbonyl (C=O) groups is 1. The van der Waals surface area contributed by atoms with Crippen molar-refractivity contribution < 1.29 is 4.79 Å². The van der Waals surface area contributed by atoms with Crippen molar-refractivity contribution in [3.8, 4) is 0 Å². The summed E-state index contributed by atoms with van der Waals surface area (Å²) in [5, 5.41) is 5.49. The zero-order chi connectivity index (χ0) is 14.5. The average molecular weight is 311 g/mol. The standard InChI is InChI=1S/C15H16Cl2N2O/c1-15(2)6-11-13(12(20)7-15)14(19-18-11)8-3-9(16)5-10(17)4-8/h3-5,11,13,18H,6-7H2,1-2H3/t11-,13+/m1/s1. The van der Waals surface area contributed by atoms with Crippen molar-refractivity contribution in [3.05, 3.63) is 33.8 Å². The van der Waals surface area contributed by atoms with E-state index in [1.54, 1.807) is 6.07 Å². The molecule has 0 unspecified atom stereocenters. The van der Waals surface area contributed by atoms with Crippen molar-refractivity contribution in [2.75, 3.05) is 0 Å². The van der Waals surface area contributed by atoms with Gasteiger partial charge >= 0.3 is 0 Å². The molecule has 1 fully saturated rings. The highest BCUT2D eigenvalue weighted by atomic mass is 35.5. The zero-order valence-corrected chi connectivity index (χ0v) is 12.9. The normalized spacial score (nSPS) is 27.8. The topological polar surface area (TPSA) is 41.5 Å². The van der Waals surface area contributed by atoms with E-state index < -0.39 is 0 Å². The van der Waals surface area contributed by atoms with E-state index in [2.05, 4.69) is 24.4 Å². The number of halogens is 2. The Morgan fingerprint density at radius 1 is 1.25 bits per heavy atom. The first-order chi connectivity index (χ1) is 9.35. The van der Waals surface area contributed by atoms with Gasteiger partial charge in [-0.15, -0.1) is 0 Å². The minimum atomic E-state index is -0.183. The fourth-order valence-electron chi connectivity index (χ4n) is 3.22. The van der Waals surface area contributed by atoms with E-state index in [4.69, 9.17) is 23.2 Å². The molecule has 1 aliphatic carbocycles. The van der Waals surface area contributed by atoms with Crippen LogP contribution in [0, 0.1) is 11.3 Å². The second-order valence-electron chi connectivity index (χ2n) is 6.38. The largest absolute Gasteiger partial charge is 0.306 e. The van der Waals surface area contributed by atoms with E-state index in [-0.39, 0.29) is 23.2 Å². The number of rotatable bonds is 1. The number of nitrogens with zero attached hydrogens (tertiary/aromatic N) is 1. The maximum atomic E-state index is 12.5. The second-order valence-corrected chi connectivity index (χ2v) is 7.25. The molecule has 3 nitrogen and oxygen atoms in total. The van der Waals surface area contributed by atoms with Crippen molar-refractivity contribution in [2.24, 2.45) is 16.4 Å². The van der Waals surface area contributed by atoms with Gasteiger partial charge in [-0.25, -0.2) is 0 Å². The van der Waals surface area contributed by atoms with Crippen molar-refractivity contribution in [1.29, 1.82) is 0 Å². The van der Waals surface area contributed by atoms with E-state index in [9.17, 15) is 4.79 Å². The highest BCUT2D eigenvalue weighted by Crippen LogP contribution is 2.40. The van der Waals surface area contributed by atoms with Crippen molar-refractivity contribution >= 4 is 34.7 Å². The summed E-state index contributed by atoms with van der Waals surface area (Å²) in [5.74, 6) is 0.0589. The summed E-state index contributed by atoms with van der Waals surface area (Å²) < 4.78 is 0. The third-order valence-corrected chi connectivity index (χ3v) is 4.41.